The van der Waals surface area contributed by atoms with E-state index in [1.165, 1.54) is 16.7 Å². The van der Waals surface area contributed by atoms with Gasteiger partial charge in [-0.15, -0.1) is 0 Å². The van der Waals surface area contributed by atoms with Gasteiger partial charge in [0.2, 0.25) is 0 Å². The zero-order valence-corrected chi connectivity index (χ0v) is 17.1. The first-order valence-corrected chi connectivity index (χ1v) is 10.2. The third-order valence-corrected chi connectivity index (χ3v) is 5.30. The number of benzene rings is 2. The molecule has 0 fully saturated rings. The number of hydrogen-bond donors (Lipinski definition) is 1. The molecule has 1 aliphatic rings. The van der Waals surface area contributed by atoms with Gasteiger partial charge in [-0.3, -0.25) is 0 Å². The molecule has 2 heterocycles. The molecular formula is C23H25ClN4. The van der Waals surface area contributed by atoms with Gasteiger partial charge < -0.3 is 10.2 Å². The summed E-state index contributed by atoms with van der Waals surface area (Å²) in [5.41, 5.74) is 3.89. The van der Waals surface area contributed by atoms with Crippen molar-refractivity contribution in [3.63, 3.8) is 0 Å². The number of rotatable bonds is 5. The summed E-state index contributed by atoms with van der Waals surface area (Å²) in [7, 11) is 0. The summed E-state index contributed by atoms with van der Waals surface area (Å²) in [6.07, 6.45) is 0.976. The monoisotopic (exact) mass is 392 g/mol. The van der Waals surface area contributed by atoms with Crippen LogP contribution in [0.25, 0.3) is 0 Å². The predicted octanol–water partition coefficient (Wildman–Crippen LogP) is 5.43. The molecule has 1 aliphatic heterocycles. The number of nitrogens with one attached hydrogen (secondary N) is 1. The highest BCUT2D eigenvalue weighted by Gasteiger charge is 2.19. The Morgan fingerprint density at radius 1 is 1.04 bits per heavy atom. The minimum atomic E-state index is 0.271. The number of hydrogen-bond acceptors (Lipinski definition) is 4. The van der Waals surface area contributed by atoms with Crippen LogP contribution >= 0.6 is 11.6 Å². The smallest absolute Gasteiger partial charge is 0.135 e. The topological polar surface area (TPSA) is 41.1 Å². The Bertz CT molecular complexity index is 956. The van der Waals surface area contributed by atoms with Crippen LogP contribution in [0.15, 0.2) is 54.6 Å². The molecule has 4 rings (SSSR count). The molecule has 28 heavy (non-hydrogen) atoms. The van der Waals surface area contributed by atoms with Crippen LogP contribution in [0.5, 0.6) is 0 Å². The number of aromatic nitrogens is 2. The van der Waals surface area contributed by atoms with E-state index < -0.39 is 0 Å². The molecule has 0 bridgehead atoms. The zero-order chi connectivity index (χ0) is 19.5. The largest absolute Gasteiger partial charge is 0.366 e. The third kappa shape index (κ3) is 4.28. The maximum absolute atomic E-state index is 6.15. The Hall–Kier alpha value is -2.59. The Morgan fingerprint density at radius 2 is 1.86 bits per heavy atom. The van der Waals surface area contributed by atoms with E-state index in [-0.39, 0.29) is 5.92 Å². The lowest BCUT2D eigenvalue weighted by Gasteiger charge is -2.30. The Labute approximate surface area is 171 Å². The number of fused-ring (bicyclic) bond motifs is 1. The second-order valence-corrected chi connectivity index (χ2v) is 7.98. The predicted molar refractivity (Wildman–Crippen MR) is 116 cm³/mol. The fourth-order valence-electron chi connectivity index (χ4n) is 3.47. The zero-order valence-electron chi connectivity index (χ0n) is 16.3. The van der Waals surface area contributed by atoms with E-state index in [0.29, 0.717) is 0 Å². The molecule has 3 aromatic rings. The van der Waals surface area contributed by atoms with E-state index in [4.69, 9.17) is 21.6 Å². The van der Waals surface area contributed by atoms with Gasteiger partial charge in [0.1, 0.15) is 17.5 Å². The molecule has 0 radical (unpaired) electrons. The lowest BCUT2D eigenvalue weighted by atomic mass is 10.00. The van der Waals surface area contributed by atoms with Gasteiger partial charge in [-0.2, -0.15) is 0 Å². The Balaban J connectivity index is 1.58. The van der Waals surface area contributed by atoms with E-state index in [1.807, 2.05) is 12.1 Å². The van der Waals surface area contributed by atoms with Crippen LogP contribution in [-0.2, 0) is 19.5 Å². The maximum Gasteiger partial charge on any atom is 0.135 e. The van der Waals surface area contributed by atoms with E-state index in [1.54, 1.807) is 0 Å². The van der Waals surface area contributed by atoms with Crippen molar-refractivity contribution in [2.45, 2.75) is 39.3 Å². The number of anilines is 2. The highest BCUT2D eigenvalue weighted by molar-refractivity contribution is 6.30. The molecule has 1 aromatic heterocycles. The van der Waals surface area contributed by atoms with E-state index in [0.717, 1.165) is 48.5 Å². The van der Waals surface area contributed by atoms with Gasteiger partial charge in [-0.1, -0.05) is 61.8 Å². The second kappa shape index (κ2) is 8.19. The van der Waals surface area contributed by atoms with Gasteiger partial charge in [0.15, 0.2) is 0 Å². The van der Waals surface area contributed by atoms with E-state index in [2.05, 4.69) is 66.5 Å². The molecule has 1 N–H and O–H groups in total. The lowest BCUT2D eigenvalue weighted by Crippen LogP contribution is -2.31. The van der Waals surface area contributed by atoms with Crippen LogP contribution in [0.1, 0.15) is 42.3 Å². The van der Waals surface area contributed by atoms with Crippen molar-refractivity contribution in [2.75, 3.05) is 16.8 Å². The van der Waals surface area contributed by atoms with Crippen molar-refractivity contribution < 1.29 is 0 Å². The van der Waals surface area contributed by atoms with Crippen LogP contribution in [0.2, 0.25) is 5.02 Å². The molecular weight excluding hydrogens is 368 g/mol. The van der Waals surface area contributed by atoms with Gasteiger partial charge >= 0.3 is 0 Å². The lowest BCUT2D eigenvalue weighted by molar-refractivity contribution is 0.703. The molecule has 0 atom stereocenters. The standard InChI is InChI=1S/C23H25ClN4/c1-16(2)23-26-21(25-14-17-6-4-3-5-7-17)13-22(27-23)28-11-10-18-12-20(24)9-8-19(18)15-28/h3-9,12-13,16H,10-11,14-15H2,1-2H3,(H,25,26,27). The summed E-state index contributed by atoms with van der Waals surface area (Å²) >= 11 is 6.15. The van der Waals surface area contributed by atoms with Crippen molar-refractivity contribution in [3.05, 3.63) is 82.1 Å². The summed E-state index contributed by atoms with van der Waals surface area (Å²) < 4.78 is 0. The maximum atomic E-state index is 6.15. The van der Waals surface area contributed by atoms with Crippen LogP contribution < -0.4 is 10.2 Å². The van der Waals surface area contributed by atoms with Crippen molar-refractivity contribution >= 4 is 23.2 Å². The minimum absolute atomic E-state index is 0.271. The quantitative estimate of drug-likeness (QED) is 0.628. The van der Waals surface area contributed by atoms with Crippen molar-refractivity contribution in [1.82, 2.24) is 9.97 Å². The number of nitrogens with zero attached hydrogens (tertiary/aromatic N) is 3. The van der Waals surface area contributed by atoms with Crippen molar-refractivity contribution in [3.8, 4) is 0 Å². The molecule has 144 valence electrons. The fourth-order valence-corrected chi connectivity index (χ4v) is 3.66. The Morgan fingerprint density at radius 3 is 2.64 bits per heavy atom. The first-order valence-electron chi connectivity index (χ1n) is 9.77. The van der Waals surface area contributed by atoms with Gasteiger partial charge in [0.05, 0.1) is 0 Å². The molecule has 4 nitrogen and oxygen atoms in total. The van der Waals surface area contributed by atoms with Crippen LogP contribution in [0.3, 0.4) is 0 Å². The highest BCUT2D eigenvalue weighted by atomic mass is 35.5. The van der Waals surface area contributed by atoms with Crippen molar-refractivity contribution in [2.24, 2.45) is 0 Å². The van der Waals surface area contributed by atoms with Crippen LogP contribution in [-0.4, -0.2) is 16.5 Å². The average molecular weight is 393 g/mol. The van der Waals surface area contributed by atoms with Gasteiger partial charge in [-0.05, 0) is 35.2 Å². The summed E-state index contributed by atoms with van der Waals surface area (Å²) in [4.78, 5) is 11.9. The minimum Gasteiger partial charge on any atom is -0.366 e. The van der Waals surface area contributed by atoms with Gasteiger partial charge in [0.25, 0.3) is 0 Å². The molecule has 2 aromatic carbocycles. The average Bonchev–Trinajstić information content (AvgIpc) is 2.72. The summed E-state index contributed by atoms with van der Waals surface area (Å²) in [6, 6.07) is 18.6. The first-order chi connectivity index (χ1) is 13.6. The third-order valence-electron chi connectivity index (χ3n) is 5.07. The fraction of sp³-hybridized carbons (Fsp3) is 0.304. The van der Waals surface area contributed by atoms with Crippen LogP contribution in [0.4, 0.5) is 11.6 Å². The highest BCUT2D eigenvalue weighted by Crippen LogP contribution is 2.27. The van der Waals surface area contributed by atoms with Crippen molar-refractivity contribution in [1.29, 1.82) is 0 Å². The molecule has 0 saturated carbocycles. The molecule has 0 unspecified atom stereocenters. The SMILES string of the molecule is CC(C)c1nc(NCc2ccccc2)cc(N2CCc3cc(Cl)ccc3C2)n1. The first kappa shape index (κ1) is 18.8. The van der Waals surface area contributed by atoms with Gasteiger partial charge in [-0.25, -0.2) is 9.97 Å². The van der Waals surface area contributed by atoms with E-state index >= 15 is 0 Å². The molecule has 0 aliphatic carbocycles. The summed E-state index contributed by atoms with van der Waals surface area (Å²) in [5.74, 6) is 3.00. The Kier molecular flexibility index (Phi) is 5.49. The van der Waals surface area contributed by atoms with Gasteiger partial charge in [0, 0.05) is 36.6 Å². The normalized spacial score (nSPS) is 13.5. The molecule has 0 amide bonds. The van der Waals surface area contributed by atoms with Crippen LogP contribution in [0, 0.1) is 0 Å². The molecule has 5 heteroatoms. The summed E-state index contributed by atoms with van der Waals surface area (Å²) in [6.45, 7) is 6.79. The molecule has 0 saturated heterocycles. The van der Waals surface area contributed by atoms with E-state index in [9.17, 15) is 0 Å². The number of halogens is 1. The summed E-state index contributed by atoms with van der Waals surface area (Å²) in [5, 5.41) is 4.28. The second-order valence-electron chi connectivity index (χ2n) is 7.55. The molecule has 0 spiro atoms.